The van der Waals surface area contributed by atoms with Gasteiger partial charge >= 0.3 is 5.97 Å². The Balaban J connectivity index is 3.10. The molecule has 1 aromatic rings. The summed E-state index contributed by atoms with van der Waals surface area (Å²) in [5.74, 6) is -1.15. The van der Waals surface area contributed by atoms with Crippen LogP contribution in [0.15, 0.2) is 18.2 Å². The molecule has 7 nitrogen and oxygen atoms in total. The first kappa shape index (κ1) is 15.6. The van der Waals surface area contributed by atoms with Crippen molar-refractivity contribution in [2.24, 2.45) is 0 Å². The van der Waals surface area contributed by atoms with Gasteiger partial charge in [0, 0.05) is 31.6 Å². The second kappa shape index (κ2) is 6.65. The van der Waals surface area contributed by atoms with Crippen molar-refractivity contribution in [2.75, 3.05) is 18.5 Å². The maximum atomic E-state index is 11.6. The van der Waals surface area contributed by atoms with Crippen LogP contribution < -0.4 is 4.90 Å². The van der Waals surface area contributed by atoms with Crippen molar-refractivity contribution in [1.82, 2.24) is 0 Å². The normalized spacial score (nSPS) is 10.1. The summed E-state index contributed by atoms with van der Waals surface area (Å²) in [4.78, 5) is 34.1. The minimum absolute atomic E-state index is 0.122. The highest BCUT2D eigenvalue weighted by molar-refractivity contribution is 5.97. The number of anilines is 1. The number of hydrogen-bond acceptors (Lipinski definition) is 5. The van der Waals surface area contributed by atoms with E-state index in [4.69, 9.17) is 5.11 Å². The van der Waals surface area contributed by atoms with Gasteiger partial charge in [0.1, 0.15) is 5.69 Å². The number of benzene rings is 1. The predicted octanol–water partition coefficient (Wildman–Crippen LogP) is 2.10. The molecule has 7 heteroatoms. The molecule has 108 valence electrons. The lowest BCUT2D eigenvalue weighted by Gasteiger charge is -2.18. The number of carbonyl (C=O) groups is 2. The van der Waals surface area contributed by atoms with Gasteiger partial charge in [-0.3, -0.25) is 19.7 Å². The van der Waals surface area contributed by atoms with E-state index < -0.39 is 10.9 Å². The topological polar surface area (TPSA) is 101 Å². The summed E-state index contributed by atoms with van der Waals surface area (Å²) in [7, 11) is 1.58. The summed E-state index contributed by atoms with van der Waals surface area (Å²) < 4.78 is 0. The van der Waals surface area contributed by atoms with Gasteiger partial charge in [0.25, 0.3) is 5.69 Å². The predicted molar refractivity (Wildman–Crippen MR) is 73.2 cm³/mol. The average Bonchev–Trinajstić information content (AvgIpc) is 2.43. The first-order valence-corrected chi connectivity index (χ1v) is 6.11. The molecule has 0 aliphatic rings. The third-order valence-corrected chi connectivity index (χ3v) is 2.89. The van der Waals surface area contributed by atoms with Crippen LogP contribution in [0.4, 0.5) is 11.4 Å². The Labute approximate surface area is 116 Å². The number of nitrogens with zero attached hydrogens (tertiary/aromatic N) is 2. The molecule has 0 fully saturated rings. The molecular formula is C13H16N2O5. The number of ketones is 1. The van der Waals surface area contributed by atoms with Crippen LogP contribution in [0, 0.1) is 10.1 Å². The average molecular weight is 280 g/mol. The minimum Gasteiger partial charge on any atom is -0.481 e. The molecule has 0 unspecified atom stereocenters. The molecule has 0 spiro atoms. The molecule has 0 aliphatic carbocycles. The summed E-state index contributed by atoms with van der Waals surface area (Å²) in [6, 6.07) is 4.23. The van der Waals surface area contributed by atoms with Crippen molar-refractivity contribution >= 4 is 23.1 Å². The highest BCUT2D eigenvalue weighted by atomic mass is 16.6. The summed E-state index contributed by atoms with van der Waals surface area (Å²) in [6.45, 7) is 1.83. The Hall–Kier alpha value is -2.44. The van der Waals surface area contributed by atoms with Gasteiger partial charge in [0.05, 0.1) is 11.3 Å². The third-order valence-electron chi connectivity index (χ3n) is 2.89. The number of hydrogen-bond donors (Lipinski definition) is 1. The molecule has 0 heterocycles. The Kier molecular flexibility index (Phi) is 5.19. The largest absolute Gasteiger partial charge is 0.481 e. The number of carboxylic acids is 1. The molecule has 20 heavy (non-hydrogen) atoms. The molecule has 0 bridgehead atoms. The van der Waals surface area contributed by atoms with Crippen molar-refractivity contribution in [3.8, 4) is 0 Å². The Morgan fingerprint density at radius 3 is 2.55 bits per heavy atom. The fourth-order valence-electron chi connectivity index (χ4n) is 1.75. The van der Waals surface area contributed by atoms with Crippen molar-refractivity contribution in [3.05, 3.63) is 33.9 Å². The van der Waals surface area contributed by atoms with Gasteiger partial charge in [0.15, 0.2) is 5.78 Å². The standard InChI is InChI=1S/C13H16N2O5/c1-3-12(16)9-4-5-10(11(8-9)15(19)20)14(2)7-6-13(17)18/h4-5,8H,3,6-7H2,1-2H3,(H,17,18). The van der Waals surface area contributed by atoms with E-state index in [2.05, 4.69) is 0 Å². The van der Waals surface area contributed by atoms with Gasteiger partial charge in [-0.1, -0.05) is 6.92 Å². The summed E-state index contributed by atoms with van der Waals surface area (Å²) in [6.07, 6.45) is 0.147. The van der Waals surface area contributed by atoms with Gasteiger partial charge in [-0.2, -0.15) is 0 Å². The maximum absolute atomic E-state index is 11.6. The first-order chi connectivity index (χ1) is 9.36. The molecule has 1 rings (SSSR count). The van der Waals surface area contributed by atoms with Crippen LogP contribution in [0.25, 0.3) is 0 Å². The zero-order chi connectivity index (χ0) is 15.3. The smallest absolute Gasteiger partial charge is 0.305 e. The van der Waals surface area contributed by atoms with Crippen molar-refractivity contribution < 1.29 is 19.6 Å². The molecule has 0 atom stereocenters. The maximum Gasteiger partial charge on any atom is 0.305 e. The molecule has 0 aliphatic heterocycles. The van der Waals surface area contributed by atoms with Crippen molar-refractivity contribution in [1.29, 1.82) is 0 Å². The van der Waals surface area contributed by atoms with E-state index >= 15 is 0 Å². The Morgan fingerprint density at radius 1 is 1.40 bits per heavy atom. The Morgan fingerprint density at radius 2 is 2.05 bits per heavy atom. The van der Waals surface area contributed by atoms with E-state index in [0.29, 0.717) is 5.69 Å². The lowest BCUT2D eigenvalue weighted by atomic mass is 10.1. The summed E-state index contributed by atoms with van der Waals surface area (Å²) >= 11 is 0. The van der Waals surface area contributed by atoms with Crippen LogP contribution in [0.1, 0.15) is 30.1 Å². The van der Waals surface area contributed by atoms with E-state index in [1.165, 1.54) is 23.1 Å². The van der Waals surface area contributed by atoms with Crippen LogP contribution in [0.5, 0.6) is 0 Å². The SMILES string of the molecule is CCC(=O)c1ccc(N(C)CCC(=O)O)c([N+](=O)[O-])c1. The fraction of sp³-hybridized carbons (Fsp3) is 0.385. The van der Waals surface area contributed by atoms with Crippen LogP contribution in [-0.4, -0.2) is 35.4 Å². The molecule has 0 radical (unpaired) electrons. The van der Waals surface area contributed by atoms with E-state index in [9.17, 15) is 19.7 Å². The lowest BCUT2D eigenvalue weighted by Crippen LogP contribution is -2.22. The number of carboxylic acid groups (broad SMARTS) is 1. The number of nitro groups is 1. The van der Waals surface area contributed by atoms with E-state index in [1.807, 2.05) is 0 Å². The van der Waals surface area contributed by atoms with Crippen molar-refractivity contribution in [2.45, 2.75) is 19.8 Å². The molecular weight excluding hydrogens is 264 g/mol. The lowest BCUT2D eigenvalue weighted by molar-refractivity contribution is -0.384. The zero-order valence-electron chi connectivity index (χ0n) is 11.3. The van der Waals surface area contributed by atoms with Crippen LogP contribution >= 0.6 is 0 Å². The molecule has 1 aromatic carbocycles. The second-order valence-electron chi connectivity index (χ2n) is 4.30. The number of nitro benzene ring substituents is 1. The third kappa shape index (κ3) is 3.78. The highest BCUT2D eigenvalue weighted by Crippen LogP contribution is 2.29. The number of carbonyl (C=O) groups excluding carboxylic acids is 1. The van der Waals surface area contributed by atoms with Gasteiger partial charge < -0.3 is 10.0 Å². The van der Waals surface area contributed by atoms with Crippen molar-refractivity contribution in [3.63, 3.8) is 0 Å². The quantitative estimate of drug-likeness (QED) is 0.466. The molecule has 0 saturated heterocycles. The molecule has 0 saturated carbocycles. The first-order valence-electron chi connectivity index (χ1n) is 6.11. The van der Waals surface area contributed by atoms with Crippen LogP contribution in [0.2, 0.25) is 0 Å². The van der Waals surface area contributed by atoms with Crippen LogP contribution in [-0.2, 0) is 4.79 Å². The monoisotopic (exact) mass is 280 g/mol. The molecule has 1 N–H and O–H groups in total. The fourth-order valence-corrected chi connectivity index (χ4v) is 1.75. The number of Topliss-reactive ketones (excluding diaryl/α,β-unsaturated/α-hetero) is 1. The zero-order valence-corrected chi connectivity index (χ0v) is 11.3. The minimum atomic E-state index is -0.975. The van der Waals surface area contributed by atoms with Gasteiger partial charge in [-0.25, -0.2) is 0 Å². The summed E-state index contributed by atoms with van der Waals surface area (Å²) in [5.41, 5.74) is 0.385. The molecule has 0 aromatic heterocycles. The van der Waals surface area contributed by atoms with E-state index in [0.717, 1.165) is 0 Å². The van der Waals surface area contributed by atoms with E-state index in [1.54, 1.807) is 14.0 Å². The summed E-state index contributed by atoms with van der Waals surface area (Å²) in [5, 5.41) is 19.7. The van der Waals surface area contributed by atoms with Gasteiger partial charge in [-0.05, 0) is 12.1 Å². The van der Waals surface area contributed by atoms with E-state index in [-0.39, 0.29) is 36.4 Å². The Bertz CT molecular complexity index is 542. The van der Waals surface area contributed by atoms with Gasteiger partial charge in [0.2, 0.25) is 0 Å². The number of rotatable bonds is 7. The second-order valence-corrected chi connectivity index (χ2v) is 4.30. The number of aliphatic carboxylic acids is 1. The van der Waals surface area contributed by atoms with Crippen LogP contribution in [0.3, 0.4) is 0 Å². The van der Waals surface area contributed by atoms with Gasteiger partial charge in [-0.15, -0.1) is 0 Å². The highest BCUT2D eigenvalue weighted by Gasteiger charge is 2.20. The molecule has 0 amide bonds.